The zero-order valence-corrected chi connectivity index (χ0v) is 10.3. The highest BCUT2D eigenvalue weighted by Gasteiger charge is 1.96. The van der Waals surface area contributed by atoms with E-state index in [1.54, 1.807) is 6.20 Å². The lowest BCUT2D eigenvalue weighted by molar-refractivity contribution is 0.311. The molecule has 1 heterocycles. The van der Waals surface area contributed by atoms with Gasteiger partial charge in [0.05, 0.1) is 24.6 Å². The predicted octanol–water partition coefficient (Wildman–Crippen LogP) is 2.26. The first-order valence-electron chi connectivity index (χ1n) is 6.02. The smallest absolute Gasteiger partial charge is 0.137 e. The van der Waals surface area contributed by atoms with Gasteiger partial charge in [0.15, 0.2) is 0 Å². The number of hydrogen-bond donors (Lipinski definition) is 1. The van der Waals surface area contributed by atoms with Gasteiger partial charge in [0.25, 0.3) is 0 Å². The van der Waals surface area contributed by atoms with E-state index < -0.39 is 0 Å². The third-order valence-electron chi connectivity index (χ3n) is 2.23. The number of nitrogens with zero attached hydrogens (tertiary/aromatic N) is 2. The Morgan fingerprint density at radius 2 is 2.35 bits per heavy atom. The normalized spacial score (nSPS) is 9.88. The molecule has 1 rings (SSSR count). The van der Waals surface area contributed by atoms with Crippen LogP contribution in [0.15, 0.2) is 18.3 Å². The van der Waals surface area contributed by atoms with Crippen LogP contribution in [0.1, 0.15) is 31.9 Å². The standard InChI is InChI=1S/C13H19N3O/c1-2-8-15-10-12-5-6-13(11-16-12)17-9-4-3-7-14/h5-6,11,15H,2-4,8-10H2,1H3. The maximum Gasteiger partial charge on any atom is 0.137 e. The highest BCUT2D eigenvalue weighted by atomic mass is 16.5. The molecule has 4 heteroatoms. The zero-order chi connectivity index (χ0) is 12.3. The summed E-state index contributed by atoms with van der Waals surface area (Å²) >= 11 is 0. The van der Waals surface area contributed by atoms with Crippen LogP contribution in [0.2, 0.25) is 0 Å². The summed E-state index contributed by atoms with van der Waals surface area (Å²) in [5, 5.41) is 11.7. The van der Waals surface area contributed by atoms with Crippen molar-refractivity contribution in [2.45, 2.75) is 32.7 Å². The second-order valence-electron chi connectivity index (χ2n) is 3.77. The van der Waals surface area contributed by atoms with E-state index in [0.29, 0.717) is 13.0 Å². The van der Waals surface area contributed by atoms with Crippen molar-refractivity contribution < 1.29 is 4.74 Å². The number of rotatable bonds is 8. The zero-order valence-electron chi connectivity index (χ0n) is 10.3. The van der Waals surface area contributed by atoms with Crippen LogP contribution in [0, 0.1) is 11.3 Å². The lowest BCUT2D eigenvalue weighted by Gasteiger charge is -2.06. The molecule has 0 aliphatic carbocycles. The van der Waals surface area contributed by atoms with Crippen LogP contribution in [0.4, 0.5) is 0 Å². The van der Waals surface area contributed by atoms with Crippen molar-refractivity contribution in [3.05, 3.63) is 24.0 Å². The van der Waals surface area contributed by atoms with E-state index in [4.69, 9.17) is 10.00 Å². The van der Waals surface area contributed by atoms with Gasteiger partial charge in [-0.15, -0.1) is 0 Å². The fourth-order valence-corrected chi connectivity index (χ4v) is 1.34. The van der Waals surface area contributed by atoms with Crippen LogP contribution in [0.3, 0.4) is 0 Å². The van der Waals surface area contributed by atoms with Crippen LogP contribution < -0.4 is 10.1 Å². The first kappa shape index (κ1) is 13.5. The van der Waals surface area contributed by atoms with Gasteiger partial charge in [0.2, 0.25) is 0 Å². The summed E-state index contributed by atoms with van der Waals surface area (Å²) in [6.07, 6.45) is 4.15. The van der Waals surface area contributed by atoms with Gasteiger partial charge in [-0.05, 0) is 31.5 Å². The second-order valence-corrected chi connectivity index (χ2v) is 3.77. The fourth-order valence-electron chi connectivity index (χ4n) is 1.34. The van der Waals surface area contributed by atoms with E-state index in [1.807, 2.05) is 12.1 Å². The molecule has 0 amide bonds. The molecular formula is C13H19N3O. The van der Waals surface area contributed by atoms with Gasteiger partial charge in [0, 0.05) is 13.0 Å². The van der Waals surface area contributed by atoms with Crippen LogP contribution in [0.25, 0.3) is 0 Å². The maximum absolute atomic E-state index is 8.38. The average Bonchev–Trinajstić information content (AvgIpc) is 2.37. The number of unbranched alkanes of at least 4 members (excludes halogenated alkanes) is 1. The van der Waals surface area contributed by atoms with Gasteiger partial charge in [-0.3, -0.25) is 4.98 Å². The van der Waals surface area contributed by atoms with E-state index >= 15 is 0 Å². The van der Waals surface area contributed by atoms with Gasteiger partial charge >= 0.3 is 0 Å². The third kappa shape index (κ3) is 5.88. The number of pyridine rings is 1. The molecule has 1 aromatic heterocycles. The molecule has 0 atom stereocenters. The number of hydrogen-bond acceptors (Lipinski definition) is 4. The van der Waals surface area contributed by atoms with Gasteiger partial charge in [-0.1, -0.05) is 6.92 Å². The molecule has 0 fully saturated rings. The Morgan fingerprint density at radius 1 is 1.47 bits per heavy atom. The summed E-state index contributed by atoms with van der Waals surface area (Å²) in [6, 6.07) is 5.97. The lowest BCUT2D eigenvalue weighted by atomic mass is 10.3. The van der Waals surface area contributed by atoms with E-state index in [2.05, 4.69) is 23.3 Å². The fraction of sp³-hybridized carbons (Fsp3) is 0.538. The topological polar surface area (TPSA) is 57.9 Å². The molecule has 0 unspecified atom stereocenters. The Labute approximate surface area is 103 Å². The Bertz CT molecular complexity index is 343. The third-order valence-corrected chi connectivity index (χ3v) is 2.23. The molecule has 0 bridgehead atoms. The van der Waals surface area contributed by atoms with Crippen molar-refractivity contribution in [3.8, 4) is 11.8 Å². The minimum atomic E-state index is 0.534. The van der Waals surface area contributed by atoms with Crippen LogP contribution in [-0.4, -0.2) is 18.1 Å². The molecule has 0 saturated carbocycles. The van der Waals surface area contributed by atoms with Crippen molar-refractivity contribution in [2.24, 2.45) is 0 Å². The molecule has 0 aliphatic heterocycles. The SMILES string of the molecule is CCCNCc1ccc(OCCCC#N)cn1. The lowest BCUT2D eigenvalue weighted by Crippen LogP contribution is -2.14. The predicted molar refractivity (Wildman–Crippen MR) is 66.6 cm³/mol. The number of ether oxygens (including phenoxy) is 1. The molecule has 0 spiro atoms. The minimum absolute atomic E-state index is 0.534. The monoisotopic (exact) mass is 233 g/mol. The molecule has 17 heavy (non-hydrogen) atoms. The maximum atomic E-state index is 8.38. The van der Waals surface area contributed by atoms with Crippen LogP contribution in [0.5, 0.6) is 5.75 Å². The molecule has 1 N–H and O–H groups in total. The van der Waals surface area contributed by atoms with Gasteiger partial charge in [-0.2, -0.15) is 5.26 Å². The molecule has 0 aliphatic rings. The summed E-state index contributed by atoms with van der Waals surface area (Å²) in [7, 11) is 0. The van der Waals surface area contributed by atoms with Gasteiger partial charge in [-0.25, -0.2) is 0 Å². The van der Waals surface area contributed by atoms with Gasteiger partial charge < -0.3 is 10.1 Å². The summed E-state index contributed by atoms with van der Waals surface area (Å²) in [5.41, 5.74) is 1.02. The number of nitriles is 1. The van der Waals surface area contributed by atoms with E-state index in [1.165, 1.54) is 0 Å². The van der Waals surface area contributed by atoms with Crippen molar-refractivity contribution in [3.63, 3.8) is 0 Å². The van der Waals surface area contributed by atoms with Crippen molar-refractivity contribution >= 4 is 0 Å². The van der Waals surface area contributed by atoms with Crippen molar-refractivity contribution in [1.29, 1.82) is 5.26 Å². The Balaban J connectivity index is 2.27. The highest BCUT2D eigenvalue weighted by molar-refractivity contribution is 5.19. The van der Waals surface area contributed by atoms with Gasteiger partial charge in [0.1, 0.15) is 5.75 Å². The van der Waals surface area contributed by atoms with Crippen LogP contribution in [-0.2, 0) is 6.54 Å². The highest BCUT2D eigenvalue weighted by Crippen LogP contribution is 2.09. The second kappa shape index (κ2) is 8.54. The van der Waals surface area contributed by atoms with E-state index in [0.717, 1.165) is 37.4 Å². The molecular weight excluding hydrogens is 214 g/mol. The molecule has 0 saturated heterocycles. The molecule has 0 aromatic carbocycles. The van der Waals surface area contributed by atoms with Crippen molar-refractivity contribution in [1.82, 2.24) is 10.3 Å². The minimum Gasteiger partial charge on any atom is -0.492 e. The quantitative estimate of drug-likeness (QED) is 0.700. The first-order valence-corrected chi connectivity index (χ1v) is 6.02. The van der Waals surface area contributed by atoms with Crippen LogP contribution >= 0.6 is 0 Å². The van der Waals surface area contributed by atoms with Crippen molar-refractivity contribution in [2.75, 3.05) is 13.2 Å². The summed E-state index contributed by atoms with van der Waals surface area (Å²) in [4.78, 5) is 4.30. The van der Waals surface area contributed by atoms with E-state index in [-0.39, 0.29) is 0 Å². The molecule has 4 nitrogen and oxygen atoms in total. The Hall–Kier alpha value is -1.60. The number of aromatic nitrogens is 1. The summed E-state index contributed by atoms with van der Waals surface area (Å²) < 4.78 is 5.45. The average molecular weight is 233 g/mol. The molecule has 1 aromatic rings. The first-order chi connectivity index (χ1) is 8.36. The Morgan fingerprint density at radius 3 is 3.00 bits per heavy atom. The Kier molecular flexibility index (Phi) is 6.76. The number of nitrogens with one attached hydrogen (secondary N) is 1. The molecule has 92 valence electrons. The summed E-state index contributed by atoms with van der Waals surface area (Å²) in [6.45, 7) is 4.51. The summed E-state index contributed by atoms with van der Waals surface area (Å²) in [5.74, 6) is 0.766. The van der Waals surface area contributed by atoms with E-state index in [9.17, 15) is 0 Å². The molecule has 0 radical (unpaired) electrons. The largest absolute Gasteiger partial charge is 0.492 e.